The maximum Gasteiger partial charge on any atom is 0.307 e. The molecule has 4 heterocycles. The minimum atomic E-state index is -2.27. The number of para-hydroxylation sites is 4. The van der Waals surface area contributed by atoms with Gasteiger partial charge in [-0.1, -0.05) is 106 Å². The number of hydrogen-bond acceptors (Lipinski definition) is 3. The average molecular weight is 721 g/mol. The molecule has 6 heteroatoms. The molecular formula is C49H43N5O. The second kappa shape index (κ2) is 11.7. The molecule has 11 rings (SSSR count). The summed E-state index contributed by atoms with van der Waals surface area (Å²) in [7, 11) is 0. The molecule has 0 aliphatic heterocycles. The molecule has 1 aliphatic rings. The third kappa shape index (κ3) is 4.73. The molecule has 0 N–H and O–H groups in total. The molecule has 1 aliphatic carbocycles. The van der Waals surface area contributed by atoms with Crippen LogP contribution in [-0.2, 0) is 5.41 Å². The number of benzene rings is 6. The smallest absolute Gasteiger partial charge is 0.307 e. The van der Waals surface area contributed by atoms with Crippen molar-refractivity contribution in [2.45, 2.75) is 71.6 Å². The van der Waals surface area contributed by atoms with Crippen molar-refractivity contribution in [2.24, 2.45) is 0 Å². The molecule has 1 fully saturated rings. The van der Waals surface area contributed by atoms with Crippen LogP contribution in [-0.4, -0.2) is 23.3 Å². The predicted molar refractivity (Wildman–Crippen MR) is 226 cm³/mol. The lowest BCUT2D eigenvalue weighted by Gasteiger charge is -2.23. The van der Waals surface area contributed by atoms with E-state index in [2.05, 4.69) is 132 Å². The van der Waals surface area contributed by atoms with Crippen LogP contribution in [0.4, 0.5) is 0 Å². The Morgan fingerprint density at radius 3 is 2.13 bits per heavy atom. The fourth-order valence-electron chi connectivity index (χ4n) is 9.40. The van der Waals surface area contributed by atoms with Crippen molar-refractivity contribution < 1.29 is 8.53 Å². The van der Waals surface area contributed by atoms with E-state index < -0.39 is 6.85 Å². The van der Waals surface area contributed by atoms with Crippen molar-refractivity contribution in [2.75, 3.05) is 0 Å². The number of oxazole rings is 1. The highest BCUT2D eigenvalue weighted by molar-refractivity contribution is 5.98. The quantitative estimate of drug-likeness (QED) is 0.182. The van der Waals surface area contributed by atoms with Gasteiger partial charge in [-0.25, -0.2) is 4.98 Å². The van der Waals surface area contributed by atoms with Crippen molar-refractivity contribution in [3.63, 3.8) is 0 Å². The minimum Gasteiger partial charge on any atom is -0.422 e. The zero-order valence-corrected chi connectivity index (χ0v) is 31.5. The van der Waals surface area contributed by atoms with E-state index in [1.54, 1.807) is 6.07 Å². The topological polar surface area (TPSA) is 52.7 Å². The lowest BCUT2D eigenvalue weighted by Crippen LogP contribution is -2.13. The van der Waals surface area contributed by atoms with Gasteiger partial charge in [0.05, 0.1) is 38.6 Å². The van der Waals surface area contributed by atoms with E-state index in [0.29, 0.717) is 23.1 Å². The summed E-state index contributed by atoms with van der Waals surface area (Å²) in [5.41, 5.74) is 16.7. The van der Waals surface area contributed by atoms with E-state index >= 15 is 0 Å². The van der Waals surface area contributed by atoms with E-state index in [1.165, 1.54) is 35.1 Å². The van der Waals surface area contributed by atoms with Crippen LogP contribution < -0.4 is 0 Å². The molecule has 4 aromatic heterocycles. The SMILES string of the molecule is [2H]C([2H])([2H])c1cccc2c1nc1n(-c3ccc(-c4ccc(-c5c(C(C)(C)C)ccc6c5oc5nc7c(C)cccc7n56)cc4)c(C4CCCC4)c3)c3ccccc3n21. The molecule has 6 aromatic carbocycles. The van der Waals surface area contributed by atoms with Gasteiger partial charge >= 0.3 is 5.84 Å². The number of aromatic nitrogens is 5. The van der Waals surface area contributed by atoms with Crippen molar-refractivity contribution in [1.82, 2.24) is 23.3 Å². The van der Waals surface area contributed by atoms with Gasteiger partial charge in [0.2, 0.25) is 5.78 Å². The van der Waals surface area contributed by atoms with Gasteiger partial charge in [0.25, 0.3) is 0 Å². The molecule has 0 radical (unpaired) electrons. The first kappa shape index (κ1) is 29.2. The molecule has 55 heavy (non-hydrogen) atoms. The van der Waals surface area contributed by atoms with Crippen LogP contribution in [0.1, 0.15) is 78.7 Å². The zero-order chi connectivity index (χ0) is 39.7. The van der Waals surface area contributed by atoms with Crippen molar-refractivity contribution >= 4 is 55.8 Å². The summed E-state index contributed by atoms with van der Waals surface area (Å²) in [4.78, 5) is 10.00. The van der Waals surface area contributed by atoms with Gasteiger partial charge in [0.1, 0.15) is 0 Å². The maximum absolute atomic E-state index is 8.24. The lowest BCUT2D eigenvalue weighted by molar-refractivity contribution is 0.589. The van der Waals surface area contributed by atoms with Crippen LogP contribution in [0, 0.1) is 13.8 Å². The summed E-state index contributed by atoms with van der Waals surface area (Å²) in [5, 5.41) is 0. The molecule has 0 unspecified atom stereocenters. The van der Waals surface area contributed by atoms with E-state index in [-0.39, 0.29) is 11.0 Å². The Bertz CT molecular complexity index is 3270. The van der Waals surface area contributed by atoms with Crippen LogP contribution in [0.5, 0.6) is 0 Å². The van der Waals surface area contributed by atoms with Gasteiger partial charge in [-0.05, 0) is 119 Å². The Morgan fingerprint density at radius 2 is 1.36 bits per heavy atom. The average Bonchev–Trinajstić information content (AvgIpc) is 4.04. The Labute approximate surface area is 323 Å². The molecule has 1 saturated carbocycles. The fraction of sp³-hybridized carbons (Fsp3) is 0.224. The summed E-state index contributed by atoms with van der Waals surface area (Å²) < 4.78 is 37.9. The molecule has 6 nitrogen and oxygen atoms in total. The fourth-order valence-corrected chi connectivity index (χ4v) is 9.40. The molecule has 10 aromatic rings. The highest BCUT2D eigenvalue weighted by atomic mass is 16.4. The van der Waals surface area contributed by atoms with Gasteiger partial charge in [0.15, 0.2) is 5.58 Å². The summed E-state index contributed by atoms with van der Waals surface area (Å²) in [5.74, 6) is 1.76. The molecule has 0 amide bonds. The van der Waals surface area contributed by atoms with Crippen LogP contribution in [0.25, 0.3) is 83.8 Å². The zero-order valence-electron chi connectivity index (χ0n) is 34.5. The van der Waals surface area contributed by atoms with Crippen LogP contribution in [0.2, 0.25) is 0 Å². The summed E-state index contributed by atoms with van der Waals surface area (Å²) in [6.07, 6.45) is 4.73. The van der Waals surface area contributed by atoms with Gasteiger partial charge < -0.3 is 4.42 Å². The number of imidazole rings is 3. The van der Waals surface area contributed by atoms with Crippen molar-refractivity contribution in [3.05, 3.63) is 138 Å². The number of fused-ring (bicyclic) bond motifs is 10. The monoisotopic (exact) mass is 720 g/mol. The summed E-state index contributed by atoms with van der Waals surface area (Å²) >= 11 is 0. The van der Waals surface area contributed by atoms with Gasteiger partial charge in [-0.3, -0.25) is 13.4 Å². The number of nitrogens with zero attached hydrogens (tertiary/aromatic N) is 5. The third-order valence-electron chi connectivity index (χ3n) is 12.0. The predicted octanol–water partition coefficient (Wildman–Crippen LogP) is 12.9. The first-order valence-electron chi connectivity index (χ1n) is 21.0. The summed E-state index contributed by atoms with van der Waals surface area (Å²) in [6.45, 7) is 6.59. The van der Waals surface area contributed by atoms with Gasteiger partial charge in [0, 0.05) is 15.4 Å². The molecule has 0 saturated heterocycles. The molecule has 0 bridgehead atoms. The highest BCUT2D eigenvalue weighted by Crippen LogP contribution is 2.44. The number of aryl methyl sites for hydroxylation is 2. The Kier molecular flexibility index (Phi) is 6.21. The molecule has 0 spiro atoms. The Morgan fingerprint density at radius 1 is 0.673 bits per heavy atom. The second-order valence-corrected chi connectivity index (χ2v) is 16.4. The minimum absolute atomic E-state index is 0.121. The van der Waals surface area contributed by atoms with Crippen LogP contribution >= 0.6 is 0 Å². The third-order valence-corrected chi connectivity index (χ3v) is 12.0. The number of hydrogen-bond donors (Lipinski definition) is 0. The van der Waals surface area contributed by atoms with Crippen molar-refractivity contribution in [3.8, 4) is 27.9 Å². The first-order valence-corrected chi connectivity index (χ1v) is 19.5. The summed E-state index contributed by atoms with van der Waals surface area (Å²) in [6, 6.07) is 40.3. The van der Waals surface area contributed by atoms with Gasteiger partial charge in [-0.2, -0.15) is 4.98 Å². The molecule has 0 atom stereocenters. The Hall–Kier alpha value is -6.14. The van der Waals surface area contributed by atoms with E-state index in [9.17, 15) is 0 Å². The second-order valence-electron chi connectivity index (χ2n) is 16.4. The van der Waals surface area contributed by atoms with Gasteiger partial charge in [-0.15, -0.1) is 0 Å². The maximum atomic E-state index is 8.24. The standard InChI is InChI=1S/C49H43N5O/c1-29-12-10-18-40-44(29)50-47-52(38-16-8-9-17-39(38)53(40)47)34-24-25-35(36(28-34)31-14-6-7-15-31)32-20-22-33(23-21-32)43-37(49(3,4)5)26-27-42-46(43)55-48-51-45-30(2)13-11-19-41(45)54(42)48/h8-13,16-28,31H,6-7,14-15H2,1-5H3/i1D3. The van der Waals surface area contributed by atoms with E-state index in [4.69, 9.17) is 18.5 Å². The normalized spacial score (nSPS) is 15.3. The highest BCUT2D eigenvalue weighted by Gasteiger charge is 2.27. The van der Waals surface area contributed by atoms with E-state index in [0.717, 1.165) is 73.9 Å². The molecule has 270 valence electrons. The largest absolute Gasteiger partial charge is 0.422 e. The Balaban J connectivity index is 1.07. The van der Waals surface area contributed by atoms with E-state index in [1.807, 2.05) is 18.2 Å². The first-order chi connectivity index (χ1) is 28.0. The molecular weight excluding hydrogens is 675 g/mol. The van der Waals surface area contributed by atoms with Crippen LogP contribution in [0.15, 0.2) is 120 Å². The van der Waals surface area contributed by atoms with Crippen LogP contribution in [0.3, 0.4) is 0 Å². The lowest BCUT2D eigenvalue weighted by atomic mass is 9.81. The van der Waals surface area contributed by atoms with Crippen molar-refractivity contribution in [1.29, 1.82) is 0 Å². The number of rotatable bonds is 4.